The summed E-state index contributed by atoms with van der Waals surface area (Å²) in [6.07, 6.45) is 4.72. The van der Waals surface area contributed by atoms with Gasteiger partial charge in [-0.1, -0.05) is 13.8 Å². The summed E-state index contributed by atoms with van der Waals surface area (Å²) in [5.74, 6) is 1.42. The summed E-state index contributed by atoms with van der Waals surface area (Å²) >= 11 is 0. The third-order valence-corrected chi connectivity index (χ3v) is 3.61. The van der Waals surface area contributed by atoms with Gasteiger partial charge >= 0.3 is 0 Å². The largest absolute Gasteiger partial charge is 0.378 e. The van der Waals surface area contributed by atoms with Crippen LogP contribution in [0.3, 0.4) is 0 Å². The molecule has 2 rings (SSSR count). The van der Waals surface area contributed by atoms with E-state index in [0.717, 1.165) is 38.3 Å². The zero-order chi connectivity index (χ0) is 15.1. The van der Waals surface area contributed by atoms with Crippen molar-refractivity contribution in [2.24, 2.45) is 5.92 Å². The molecule has 2 heterocycles. The first-order valence-electron chi connectivity index (χ1n) is 7.86. The molecule has 1 aliphatic rings. The van der Waals surface area contributed by atoms with Gasteiger partial charge in [0.1, 0.15) is 17.9 Å². The number of Topliss-reactive ketones (excluding diaryl/α,β-unsaturated/α-hetero) is 1. The zero-order valence-corrected chi connectivity index (χ0v) is 13.0. The second-order valence-corrected chi connectivity index (χ2v) is 6.04. The summed E-state index contributed by atoms with van der Waals surface area (Å²) in [6.45, 7) is 7.59. The first kappa shape index (κ1) is 16.1. The summed E-state index contributed by atoms with van der Waals surface area (Å²) in [4.78, 5) is 16.2. The average molecular weight is 294 g/mol. The summed E-state index contributed by atoms with van der Waals surface area (Å²) in [5.41, 5.74) is 0. The van der Waals surface area contributed by atoms with Crippen LogP contribution in [-0.4, -0.2) is 46.3 Å². The highest BCUT2D eigenvalue weighted by Gasteiger charge is 2.15. The number of hydrogen-bond acceptors (Lipinski definition) is 5. The normalized spacial score (nSPS) is 16.5. The fourth-order valence-electron chi connectivity index (χ4n) is 2.49. The third-order valence-electron chi connectivity index (χ3n) is 3.61. The Kier molecular flexibility index (Phi) is 6.32. The molecule has 0 aromatic carbocycles. The van der Waals surface area contributed by atoms with Crippen LogP contribution in [0.4, 0.5) is 0 Å². The molecule has 1 fully saturated rings. The molecule has 1 aromatic heterocycles. The van der Waals surface area contributed by atoms with Crippen LogP contribution in [0.5, 0.6) is 0 Å². The lowest BCUT2D eigenvalue weighted by atomic mass is 10.1. The Labute approximate surface area is 126 Å². The van der Waals surface area contributed by atoms with Gasteiger partial charge in [0.25, 0.3) is 0 Å². The standard InChI is InChI=1S/C15H26N4O2/c1-12(2)10-19-15(17-11-18-19)9-13(20)5-8-21-14-3-6-16-7-4-14/h11-12,14,16H,3-10H2,1-2H3. The van der Waals surface area contributed by atoms with Crippen LogP contribution >= 0.6 is 0 Å². The van der Waals surface area contributed by atoms with E-state index in [-0.39, 0.29) is 5.78 Å². The van der Waals surface area contributed by atoms with Crippen molar-refractivity contribution in [1.82, 2.24) is 20.1 Å². The van der Waals surface area contributed by atoms with Crippen LogP contribution < -0.4 is 5.32 Å². The zero-order valence-electron chi connectivity index (χ0n) is 13.0. The SMILES string of the molecule is CC(C)Cn1ncnc1CC(=O)CCOC1CCNCC1. The molecule has 0 spiro atoms. The van der Waals surface area contributed by atoms with Crippen molar-refractivity contribution in [2.75, 3.05) is 19.7 Å². The number of rotatable bonds is 8. The lowest BCUT2D eigenvalue weighted by Crippen LogP contribution is -2.32. The number of carbonyl (C=O) groups is 1. The Morgan fingerprint density at radius 1 is 1.48 bits per heavy atom. The van der Waals surface area contributed by atoms with Gasteiger partial charge in [0.15, 0.2) is 0 Å². The van der Waals surface area contributed by atoms with Crippen LogP contribution in [0.25, 0.3) is 0 Å². The Balaban J connectivity index is 1.70. The van der Waals surface area contributed by atoms with Crippen molar-refractivity contribution in [1.29, 1.82) is 0 Å². The molecule has 0 bridgehead atoms. The van der Waals surface area contributed by atoms with E-state index in [1.165, 1.54) is 6.33 Å². The van der Waals surface area contributed by atoms with E-state index in [0.29, 0.717) is 31.5 Å². The van der Waals surface area contributed by atoms with Crippen molar-refractivity contribution in [3.8, 4) is 0 Å². The maximum absolute atomic E-state index is 12.0. The van der Waals surface area contributed by atoms with Crippen LogP contribution in [-0.2, 0) is 22.5 Å². The lowest BCUT2D eigenvalue weighted by Gasteiger charge is -2.22. The van der Waals surface area contributed by atoms with Crippen molar-refractivity contribution in [3.63, 3.8) is 0 Å². The second-order valence-electron chi connectivity index (χ2n) is 6.04. The van der Waals surface area contributed by atoms with Crippen molar-refractivity contribution < 1.29 is 9.53 Å². The van der Waals surface area contributed by atoms with Crippen LogP contribution in [0.15, 0.2) is 6.33 Å². The molecule has 0 radical (unpaired) electrons. The molecule has 0 unspecified atom stereocenters. The number of ketones is 1. The number of hydrogen-bond donors (Lipinski definition) is 1. The van der Waals surface area contributed by atoms with Gasteiger partial charge in [-0.3, -0.25) is 4.79 Å². The molecule has 0 saturated carbocycles. The third kappa shape index (κ3) is 5.55. The minimum Gasteiger partial charge on any atom is -0.378 e. The van der Waals surface area contributed by atoms with E-state index in [9.17, 15) is 4.79 Å². The highest BCUT2D eigenvalue weighted by atomic mass is 16.5. The molecule has 6 heteroatoms. The monoisotopic (exact) mass is 294 g/mol. The number of nitrogens with zero attached hydrogens (tertiary/aromatic N) is 3. The predicted octanol–water partition coefficient (Wildman–Crippen LogP) is 1.20. The highest BCUT2D eigenvalue weighted by molar-refractivity contribution is 5.80. The van der Waals surface area contributed by atoms with Gasteiger partial charge in [-0.2, -0.15) is 5.10 Å². The minimum absolute atomic E-state index is 0.168. The Morgan fingerprint density at radius 2 is 2.24 bits per heavy atom. The van der Waals surface area contributed by atoms with Gasteiger partial charge < -0.3 is 10.1 Å². The molecule has 0 aliphatic carbocycles. The van der Waals surface area contributed by atoms with Gasteiger partial charge in [0, 0.05) is 13.0 Å². The van der Waals surface area contributed by atoms with Crippen molar-refractivity contribution >= 4 is 5.78 Å². The first-order valence-corrected chi connectivity index (χ1v) is 7.86. The van der Waals surface area contributed by atoms with Crippen LogP contribution in [0.1, 0.15) is 38.9 Å². The maximum Gasteiger partial charge on any atom is 0.142 e. The Morgan fingerprint density at radius 3 is 2.95 bits per heavy atom. The average Bonchev–Trinajstić information content (AvgIpc) is 2.86. The smallest absolute Gasteiger partial charge is 0.142 e. The van der Waals surface area contributed by atoms with Gasteiger partial charge in [-0.15, -0.1) is 0 Å². The molecular formula is C15H26N4O2. The molecule has 1 aromatic rings. The fourth-order valence-corrected chi connectivity index (χ4v) is 2.49. The van der Waals surface area contributed by atoms with Crippen LogP contribution in [0, 0.1) is 5.92 Å². The minimum atomic E-state index is 0.168. The van der Waals surface area contributed by atoms with Gasteiger partial charge in [-0.25, -0.2) is 9.67 Å². The summed E-state index contributed by atoms with van der Waals surface area (Å²) in [5, 5.41) is 7.48. The van der Waals surface area contributed by atoms with E-state index in [1.54, 1.807) is 0 Å². The molecular weight excluding hydrogens is 268 g/mol. The number of carbonyl (C=O) groups excluding carboxylic acids is 1. The highest BCUT2D eigenvalue weighted by Crippen LogP contribution is 2.08. The molecule has 1 saturated heterocycles. The second kappa shape index (κ2) is 8.24. The number of piperidine rings is 1. The lowest BCUT2D eigenvalue weighted by molar-refractivity contribution is -0.120. The summed E-state index contributed by atoms with van der Waals surface area (Å²) in [6, 6.07) is 0. The quantitative estimate of drug-likeness (QED) is 0.780. The van der Waals surface area contributed by atoms with Crippen molar-refractivity contribution in [2.45, 2.75) is 52.2 Å². The summed E-state index contributed by atoms with van der Waals surface area (Å²) in [7, 11) is 0. The van der Waals surface area contributed by atoms with E-state index < -0.39 is 0 Å². The number of ether oxygens (including phenoxy) is 1. The molecule has 21 heavy (non-hydrogen) atoms. The van der Waals surface area contributed by atoms with Gasteiger partial charge in [0.05, 0.1) is 19.1 Å². The van der Waals surface area contributed by atoms with E-state index >= 15 is 0 Å². The van der Waals surface area contributed by atoms with E-state index in [2.05, 4.69) is 29.2 Å². The fraction of sp³-hybridized carbons (Fsp3) is 0.800. The van der Waals surface area contributed by atoms with Gasteiger partial charge in [0.2, 0.25) is 0 Å². The molecule has 118 valence electrons. The van der Waals surface area contributed by atoms with Crippen LogP contribution in [0.2, 0.25) is 0 Å². The number of nitrogens with one attached hydrogen (secondary N) is 1. The van der Waals surface area contributed by atoms with Gasteiger partial charge in [-0.05, 0) is 31.8 Å². The molecule has 1 aliphatic heterocycles. The Hall–Kier alpha value is -1.27. The van der Waals surface area contributed by atoms with E-state index in [1.807, 2.05) is 4.68 Å². The molecule has 0 atom stereocenters. The topological polar surface area (TPSA) is 69.0 Å². The molecule has 1 N–H and O–H groups in total. The Bertz CT molecular complexity index is 439. The maximum atomic E-state index is 12.0. The predicted molar refractivity (Wildman–Crippen MR) is 80.0 cm³/mol. The van der Waals surface area contributed by atoms with Crippen molar-refractivity contribution in [3.05, 3.63) is 12.2 Å². The number of aromatic nitrogens is 3. The molecule has 0 amide bonds. The molecule has 6 nitrogen and oxygen atoms in total. The first-order chi connectivity index (χ1) is 10.1. The van der Waals surface area contributed by atoms with E-state index in [4.69, 9.17) is 4.74 Å². The summed E-state index contributed by atoms with van der Waals surface area (Å²) < 4.78 is 7.59.